The summed E-state index contributed by atoms with van der Waals surface area (Å²) >= 11 is 5.01. The molecule has 0 spiro atoms. The number of carbonyl (C=O) groups is 1. The molecule has 14 heavy (non-hydrogen) atoms. The maximum Gasteiger partial charge on any atom is 0.315 e. The van der Waals surface area contributed by atoms with E-state index in [0.29, 0.717) is 11.5 Å². The molecule has 0 bridgehead atoms. The van der Waals surface area contributed by atoms with Gasteiger partial charge in [-0.3, -0.25) is 0 Å². The van der Waals surface area contributed by atoms with Gasteiger partial charge < -0.3 is 16.4 Å². The molecule has 0 aromatic rings. The molecule has 0 saturated heterocycles. The van der Waals surface area contributed by atoms with Gasteiger partial charge in [-0.25, -0.2) is 4.79 Å². The Bertz CT molecular complexity index is 236. The van der Waals surface area contributed by atoms with Crippen LogP contribution in [-0.2, 0) is 0 Å². The smallest absolute Gasteiger partial charge is 0.315 e. The lowest BCUT2D eigenvalue weighted by atomic mass is 9.98. The van der Waals surface area contributed by atoms with Crippen molar-refractivity contribution in [3.8, 4) is 0 Å². The maximum absolute atomic E-state index is 11.4. The molecule has 4 N–H and O–H groups in total. The number of urea groups is 1. The number of nitrogens with two attached hydrogens (primary N) is 1. The molecule has 0 aromatic carbocycles. The molecule has 0 atom stereocenters. The second-order valence-electron chi connectivity index (χ2n) is 3.64. The summed E-state index contributed by atoms with van der Waals surface area (Å²) < 4.78 is 0. The van der Waals surface area contributed by atoms with Crippen molar-refractivity contribution in [2.45, 2.75) is 38.1 Å². The lowest BCUT2D eigenvalue weighted by molar-refractivity contribution is 0.234. The first-order valence-corrected chi connectivity index (χ1v) is 5.37. The second-order valence-corrected chi connectivity index (χ2v) is 4.08. The highest BCUT2D eigenvalue weighted by atomic mass is 32.1. The molecule has 0 radical (unpaired) electrons. The van der Waals surface area contributed by atoms with Gasteiger partial charge in [0.2, 0.25) is 0 Å². The number of nitrogens with one attached hydrogen (secondary N) is 2. The van der Waals surface area contributed by atoms with Crippen molar-refractivity contribution in [1.82, 2.24) is 10.6 Å². The van der Waals surface area contributed by atoms with E-state index < -0.39 is 5.54 Å². The zero-order chi connectivity index (χ0) is 10.6. The van der Waals surface area contributed by atoms with Crippen LogP contribution in [-0.4, -0.2) is 23.1 Å². The monoisotopic (exact) mass is 215 g/mol. The zero-order valence-corrected chi connectivity index (χ0v) is 9.25. The molecule has 4 nitrogen and oxygen atoms in total. The van der Waals surface area contributed by atoms with Gasteiger partial charge in [-0.1, -0.05) is 25.1 Å². The van der Waals surface area contributed by atoms with Crippen LogP contribution in [0.15, 0.2) is 0 Å². The predicted octanol–water partition coefficient (Wildman–Crippen LogP) is 0.904. The molecule has 80 valence electrons. The van der Waals surface area contributed by atoms with Gasteiger partial charge in [0.05, 0.1) is 10.5 Å². The van der Waals surface area contributed by atoms with Crippen molar-refractivity contribution < 1.29 is 4.79 Å². The average Bonchev–Trinajstić information content (AvgIpc) is 2.54. The highest BCUT2D eigenvalue weighted by Gasteiger charge is 2.37. The molecule has 0 aliphatic heterocycles. The first-order valence-electron chi connectivity index (χ1n) is 4.96. The normalized spacial score (nSPS) is 18.9. The summed E-state index contributed by atoms with van der Waals surface area (Å²) in [5.41, 5.74) is 5.23. The predicted molar refractivity (Wildman–Crippen MR) is 60.2 cm³/mol. The van der Waals surface area contributed by atoms with Crippen molar-refractivity contribution in [3.05, 3.63) is 0 Å². The van der Waals surface area contributed by atoms with Crippen molar-refractivity contribution >= 4 is 23.2 Å². The van der Waals surface area contributed by atoms with Gasteiger partial charge in [-0.2, -0.15) is 0 Å². The largest absolute Gasteiger partial charge is 0.391 e. The molecule has 1 saturated carbocycles. The van der Waals surface area contributed by atoms with Crippen LogP contribution in [0.3, 0.4) is 0 Å². The van der Waals surface area contributed by atoms with E-state index in [1.165, 1.54) is 0 Å². The topological polar surface area (TPSA) is 67.2 Å². The minimum Gasteiger partial charge on any atom is -0.391 e. The Morgan fingerprint density at radius 2 is 2.07 bits per heavy atom. The van der Waals surface area contributed by atoms with Gasteiger partial charge in [0.15, 0.2) is 0 Å². The van der Waals surface area contributed by atoms with Crippen LogP contribution in [0.25, 0.3) is 0 Å². The highest BCUT2D eigenvalue weighted by Crippen LogP contribution is 2.29. The van der Waals surface area contributed by atoms with Crippen LogP contribution in [0.1, 0.15) is 32.6 Å². The van der Waals surface area contributed by atoms with Gasteiger partial charge >= 0.3 is 6.03 Å². The molecule has 1 fully saturated rings. The van der Waals surface area contributed by atoms with Gasteiger partial charge in [-0.15, -0.1) is 0 Å². The van der Waals surface area contributed by atoms with Crippen LogP contribution < -0.4 is 16.4 Å². The van der Waals surface area contributed by atoms with E-state index in [9.17, 15) is 4.79 Å². The quantitative estimate of drug-likeness (QED) is 0.613. The Hall–Kier alpha value is -0.840. The molecular weight excluding hydrogens is 198 g/mol. The summed E-state index contributed by atoms with van der Waals surface area (Å²) in [7, 11) is 0. The fraction of sp³-hybridized carbons (Fsp3) is 0.778. The fourth-order valence-corrected chi connectivity index (χ4v) is 2.09. The fourth-order valence-electron chi connectivity index (χ4n) is 1.83. The number of amides is 2. The Balaban J connectivity index is 2.60. The van der Waals surface area contributed by atoms with E-state index in [0.717, 1.165) is 25.7 Å². The Morgan fingerprint density at radius 1 is 1.50 bits per heavy atom. The summed E-state index contributed by atoms with van der Waals surface area (Å²) in [5, 5.41) is 5.56. The molecular formula is C9H17N3OS. The molecule has 2 amide bonds. The maximum atomic E-state index is 11.4. The third kappa shape index (κ3) is 2.35. The van der Waals surface area contributed by atoms with Crippen LogP contribution in [0.4, 0.5) is 4.79 Å². The number of rotatable bonds is 3. The summed E-state index contributed by atoms with van der Waals surface area (Å²) in [6.07, 6.45) is 3.87. The minimum absolute atomic E-state index is 0.179. The molecule has 0 unspecified atom stereocenters. The standard InChI is InChI=1S/C9H17N3OS/c1-2-11-8(13)12-9(7(10)14)5-3-4-6-9/h2-6H2,1H3,(H2,10,14)(H2,11,12,13). The molecule has 5 heteroatoms. The lowest BCUT2D eigenvalue weighted by Gasteiger charge is -2.28. The third-order valence-electron chi connectivity index (χ3n) is 2.62. The van der Waals surface area contributed by atoms with Crippen LogP contribution >= 0.6 is 12.2 Å². The summed E-state index contributed by atoms with van der Waals surface area (Å²) in [5.74, 6) is 0. The Morgan fingerprint density at radius 3 is 2.50 bits per heavy atom. The first kappa shape index (κ1) is 11.2. The third-order valence-corrected chi connectivity index (χ3v) is 3.01. The van der Waals surface area contributed by atoms with Crippen molar-refractivity contribution in [2.75, 3.05) is 6.54 Å². The summed E-state index contributed by atoms with van der Waals surface area (Å²) in [6, 6.07) is -0.179. The van der Waals surface area contributed by atoms with Gasteiger partial charge in [0.25, 0.3) is 0 Å². The zero-order valence-electron chi connectivity index (χ0n) is 8.43. The number of thiocarbonyl (C=S) groups is 1. The van der Waals surface area contributed by atoms with Crippen molar-refractivity contribution in [1.29, 1.82) is 0 Å². The summed E-state index contributed by atoms with van der Waals surface area (Å²) in [6.45, 7) is 2.49. The molecule has 1 aliphatic rings. The first-order chi connectivity index (χ1) is 6.60. The van der Waals surface area contributed by atoms with E-state index in [1.807, 2.05) is 6.92 Å². The van der Waals surface area contributed by atoms with E-state index in [2.05, 4.69) is 10.6 Å². The minimum atomic E-state index is -0.436. The average molecular weight is 215 g/mol. The second kappa shape index (κ2) is 4.59. The number of hydrogen-bond donors (Lipinski definition) is 3. The van der Waals surface area contributed by atoms with Gasteiger partial charge in [0, 0.05) is 6.54 Å². The van der Waals surface area contributed by atoms with Crippen molar-refractivity contribution in [3.63, 3.8) is 0 Å². The van der Waals surface area contributed by atoms with E-state index >= 15 is 0 Å². The Kier molecular flexibility index (Phi) is 3.69. The van der Waals surface area contributed by atoms with Crippen LogP contribution in [0.5, 0.6) is 0 Å². The molecule has 1 aliphatic carbocycles. The molecule has 1 rings (SSSR count). The summed E-state index contributed by atoms with van der Waals surface area (Å²) in [4.78, 5) is 11.8. The highest BCUT2D eigenvalue weighted by molar-refractivity contribution is 7.80. The molecule has 0 aromatic heterocycles. The molecule has 0 heterocycles. The van der Waals surface area contributed by atoms with E-state index in [-0.39, 0.29) is 6.03 Å². The lowest BCUT2D eigenvalue weighted by Crippen LogP contribution is -2.57. The van der Waals surface area contributed by atoms with Crippen LogP contribution in [0.2, 0.25) is 0 Å². The van der Waals surface area contributed by atoms with E-state index in [4.69, 9.17) is 18.0 Å². The van der Waals surface area contributed by atoms with Crippen LogP contribution in [0, 0.1) is 0 Å². The Labute approximate surface area is 89.6 Å². The van der Waals surface area contributed by atoms with Gasteiger partial charge in [0.1, 0.15) is 0 Å². The SMILES string of the molecule is CCNC(=O)NC1(C(N)=S)CCCC1. The van der Waals surface area contributed by atoms with E-state index in [1.54, 1.807) is 0 Å². The number of carbonyl (C=O) groups excluding carboxylic acids is 1. The van der Waals surface area contributed by atoms with Gasteiger partial charge in [-0.05, 0) is 19.8 Å². The van der Waals surface area contributed by atoms with Crippen molar-refractivity contribution in [2.24, 2.45) is 5.73 Å². The number of hydrogen-bond acceptors (Lipinski definition) is 2.